The summed E-state index contributed by atoms with van der Waals surface area (Å²) in [5.74, 6) is 0.390. The number of fused-ring (bicyclic) bond motifs is 1. The Bertz CT molecular complexity index is 1420. The second-order valence-electron chi connectivity index (χ2n) is 10.8. The predicted octanol–water partition coefficient (Wildman–Crippen LogP) is 3.99. The summed E-state index contributed by atoms with van der Waals surface area (Å²) in [6.45, 7) is 4.62. The van der Waals surface area contributed by atoms with Gasteiger partial charge in [-0.15, -0.1) is 0 Å². The number of carbonyl (C=O) groups excluding carboxylic acids is 1. The first-order valence-corrected chi connectivity index (χ1v) is 13.9. The lowest BCUT2D eigenvalue weighted by Gasteiger charge is -2.41. The molecule has 2 fully saturated rings. The molecule has 2 aliphatic rings. The topological polar surface area (TPSA) is 105 Å². The standard InChI is InChI=1S/C30H36N8O/c1-36-15-17-37(18-16-36)24-11-13-25(14-12-24)38-30-27(29(31)32-20-33-30)28(35-38)22-7-9-23(10-8-22)34-26(39)19-21-5-3-2-4-6-21/h2-10,20,24-25H,11-19H2,1H3,(H,34,39)(H2,31,32,33). The quantitative estimate of drug-likeness (QED) is 0.393. The highest BCUT2D eigenvalue weighted by Crippen LogP contribution is 2.37. The summed E-state index contributed by atoms with van der Waals surface area (Å²) in [5, 5.41) is 8.84. The number of nitrogen functional groups attached to an aromatic ring is 1. The van der Waals surface area contributed by atoms with Crippen LogP contribution >= 0.6 is 0 Å². The number of nitrogens with one attached hydrogen (secondary N) is 1. The molecule has 0 spiro atoms. The van der Waals surface area contributed by atoms with Gasteiger partial charge in [0.25, 0.3) is 0 Å². The fourth-order valence-corrected chi connectivity index (χ4v) is 6.00. The summed E-state index contributed by atoms with van der Waals surface area (Å²) in [6.07, 6.45) is 6.35. The number of rotatable bonds is 6. The third-order valence-electron chi connectivity index (χ3n) is 8.23. The maximum Gasteiger partial charge on any atom is 0.228 e. The third-order valence-corrected chi connectivity index (χ3v) is 8.23. The maximum absolute atomic E-state index is 12.5. The van der Waals surface area contributed by atoms with Crippen molar-refractivity contribution < 1.29 is 4.79 Å². The number of likely N-dealkylation sites (N-methyl/N-ethyl adjacent to an activating group) is 1. The number of nitrogens with zero attached hydrogens (tertiary/aromatic N) is 6. The lowest BCUT2D eigenvalue weighted by atomic mass is 9.90. The summed E-state index contributed by atoms with van der Waals surface area (Å²) in [7, 11) is 2.21. The highest BCUT2D eigenvalue weighted by molar-refractivity contribution is 5.99. The molecule has 2 aromatic heterocycles. The predicted molar refractivity (Wildman–Crippen MR) is 154 cm³/mol. The van der Waals surface area contributed by atoms with Gasteiger partial charge < -0.3 is 16.0 Å². The molecule has 39 heavy (non-hydrogen) atoms. The molecule has 202 valence electrons. The molecule has 1 saturated carbocycles. The van der Waals surface area contributed by atoms with Gasteiger partial charge in [0.1, 0.15) is 17.8 Å². The Kier molecular flexibility index (Phi) is 7.26. The highest BCUT2D eigenvalue weighted by Gasteiger charge is 2.30. The Morgan fingerprint density at radius 2 is 1.62 bits per heavy atom. The van der Waals surface area contributed by atoms with Gasteiger partial charge in [0, 0.05) is 43.5 Å². The summed E-state index contributed by atoms with van der Waals surface area (Å²) in [5.41, 5.74) is 10.6. The van der Waals surface area contributed by atoms with Crippen LogP contribution in [0.5, 0.6) is 0 Å². The first-order chi connectivity index (χ1) is 19.0. The molecular weight excluding hydrogens is 488 g/mol. The molecule has 1 amide bonds. The van der Waals surface area contributed by atoms with E-state index < -0.39 is 0 Å². The molecule has 0 unspecified atom stereocenters. The van der Waals surface area contributed by atoms with Crippen LogP contribution in [0.15, 0.2) is 60.9 Å². The number of hydrogen-bond acceptors (Lipinski definition) is 7. The minimum Gasteiger partial charge on any atom is -0.383 e. The first kappa shape index (κ1) is 25.5. The number of benzene rings is 2. The van der Waals surface area contributed by atoms with Gasteiger partial charge in [0.05, 0.1) is 17.8 Å². The Morgan fingerprint density at radius 3 is 2.33 bits per heavy atom. The molecule has 1 aliphatic carbocycles. The molecule has 0 bridgehead atoms. The van der Waals surface area contributed by atoms with Crippen molar-refractivity contribution in [1.82, 2.24) is 29.5 Å². The molecule has 2 aromatic carbocycles. The van der Waals surface area contributed by atoms with Gasteiger partial charge in [-0.3, -0.25) is 9.69 Å². The lowest BCUT2D eigenvalue weighted by molar-refractivity contribution is -0.115. The molecule has 3 heterocycles. The average molecular weight is 525 g/mol. The Hall–Kier alpha value is -3.82. The minimum absolute atomic E-state index is 0.0477. The summed E-state index contributed by atoms with van der Waals surface area (Å²) in [6, 6.07) is 18.4. The molecular formula is C30H36N8O. The van der Waals surface area contributed by atoms with Gasteiger partial charge in [-0.05, 0) is 50.4 Å². The minimum atomic E-state index is -0.0477. The van der Waals surface area contributed by atoms with E-state index in [4.69, 9.17) is 10.8 Å². The van der Waals surface area contributed by atoms with Crippen molar-refractivity contribution in [3.05, 3.63) is 66.5 Å². The van der Waals surface area contributed by atoms with Crippen LogP contribution in [0.3, 0.4) is 0 Å². The van der Waals surface area contributed by atoms with Gasteiger partial charge in [-0.2, -0.15) is 5.10 Å². The average Bonchev–Trinajstić information content (AvgIpc) is 3.35. The number of amides is 1. The van der Waals surface area contributed by atoms with Crippen molar-refractivity contribution in [2.45, 2.75) is 44.2 Å². The fraction of sp³-hybridized carbons (Fsp3) is 0.400. The molecule has 9 heteroatoms. The van der Waals surface area contributed by atoms with Crippen molar-refractivity contribution in [2.75, 3.05) is 44.3 Å². The van der Waals surface area contributed by atoms with Crippen LogP contribution in [0.25, 0.3) is 22.3 Å². The van der Waals surface area contributed by atoms with E-state index in [9.17, 15) is 4.79 Å². The molecule has 9 nitrogen and oxygen atoms in total. The number of piperazine rings is 1. The fourth-order valence-electron chi connectivity index (χ4n) is 6.00. The van der Waals surface area contributed by atoms with Crippen molar-refractivity contribution in [3.63, 3.8) is 0 Å². The van der Waals surface area contributed by atoms with E-state index >= 15 is 0 Å². The molecule has 0 radical (unpaired) electrons. The van der Waals surface area contributed by atoms with Crippen LogP contribution in [0, 0.1) is 0 Å². The SMILES string of the molecule is CN1CCN(C2CCC(n3nc(-c4ccc(NC(=O)Cc5ccccc5)cc4)c4c(N)ncnc43)CC2)CC1. The Labute approximate surface area is 229 Å². The highest BCUT2D eigenvalue weighted by atomic mass is 16.1. The number of carbonyl (C=O) groups is 1. The van der Waals surface area contributed by atoms with Crippen LogP contribution in [0.4, 0.5) is 11.5 Å². The Morgan fingerprint density at radius 1 is 0.923 bits per heavy atom. The van der Waals surface area contributed by atoms with Gasteiger partial charge >= 0.3 is 0 Å². The number of hydrogen-bond donors (Lipinski definition) is 2. The van der Waals surface area contributed by atoms with Crippen molar-refractivity contribution in [1.29, 1.82) is 0 Å². The van der Waals surface area contributed by atoms with Crippen molar-refractivity contribution in [2.24, 2.45) is 0 Å². The van der Waals surface area contributed by atoms with Crippen LogP contribution in [0.1, 0.15) is 37.3 Å². The number of anilines is 2. The smallest absolute Gasteiger partial charge is 0.228 e. The molecule has 1 saturated heterocycles. The van der Waals surface area contributed by atoms with E-state index in [1.54, 1.807) is 0 Å². The van der Waals surface area contributed by atoms with E-state index in [-0.39, 0.29) is 11.9 Å². The van der Waals surface area contributed by atoms with Gasteiger partial charge in [-0.1, -0.05) is 42.5 Å². The zero-order valence-electron chi connectivity index (χ0n) is 22.5. The van der Waals surface area contributed by atoms with Crippen LogP contribution in [-0.4, -0.2) is 74.7 Å². The van der Waals surface area contributed by atoms with Crippen LogP contribution in [-0.2, 0) is 11.2 Å². The third kappa shape index (κ3) is 5.51. The molecule has 6 rings (SSSR count). The largest absolute Gasteiger partial charge is 0.383 e. The van der Waals surface area contributed by atoms with Crippen molar-refractivity contribution >= 4 is 28.4 Å². The van der Waals surface area contributed by atoms with Gasteiger partial charge in [0.15, 0.2) is 5.65 Å². The van der Waals surface area contributed by atoms with E-state index in [2.05, 4.69) is 36.8 Å². The molecule has 4 aromatic rings. The Balaban J connectivity index is 1.19. The zero-order chi connectivity index (χ0) is 26.8. The number of aromatic nitrogens is 4. The number of nitrogens with two attached hydrogens (primary N) is 1. The summed E-state index contributed by atoms with van der Waals surface area (Å²) in [4.78, 5) is 26.5. The van der Waals surface area contributed by atoms with Gasteiger partial charge in [0.2, 0.25) is 5.91 Å². The van der Waals surface area contributed by atoms with Crippen molar-refractivity contribution in [3.8, 4) is 11.3 Å². The molecule has 1 aliphatic heterocycles. The van der Waals surface area contributed by atoms with Gasteiger partial charge in [-0.25, -0.2) is 14.6 Å². The zero-order valence-corrected chi connectivity index (χ0v) is 22.5. The van der Waals surface area contributed by atoms with E-state index in [1.165, 1.54) is 19.2 Å². The maximum atomic E-state index is 12.5. The van der Waals surface area contributed by atoms with Crippen LogP contribution < -0.4 is 11.1 Å². The van der Waals surface area contributed by atoms with E-state index in [0.29, 0.717) is 18.3 Å². The summed E-state index contributed by atoms with van der Waals surface area (Å²) >= 11 is 0. The summed E-state index contributed by atoms with van der Waals surface area (Å²) < 4.78 is 2.08. The molecule has 0 atom stereocenters. The van der Waals surface area contributed by atoms with E-state index in [1.807, 2.05) is 54.6 Å². The normalized spacial score (nSPS) is 20.7. The van der Waals surface area contributed by atoms with E-state index in [0.717, 1.165) is 72.6 Å². The van der Waals surface area contributed by atoms with Crippen LogP contribution in [0.2, 0.25) is 0 Å². The second kappa shape index (κ2) is 11.1. The monoisotopic (exact) mass is 524 g/mol. The molecule has 3 N–H and O–H groups in total. The first-order valence-electron chi connectivity index (χ1n) is 13.9. The lowest BCUT2D eigenvalue weighted by Crippen LogP contribution is -2.49. The second-order valence-corrected chi connectivity index (χ2v) is 10.8.